The van der Waals surface area contributed by atoms with Crippen LogP contribution in [0.5, 0.6) is 0 Å². The molecule has 2 N–H and O–H groups in total. The number of piperidine rings is 1. The summed E-state index contributed by atoms with van der Waals surface area (Å²) in [6, 6.07) is 4.98. The summed E-state index contributed by atoms with van der Waals surface area (Å²) in [6.45, 7) is 1.74. The molecule has 0 saturated carbocycles. The second-order valence-corrected chi connectivity index (χ2v) is 6.82. The number of carbonyl (C=O) groups excluding carboxylic acids is 2. The Kier molecular flexibility index (Phi) is 6.88. The molecule has 1 aliphatic rings. The van der Waals surface area contributed by atoms with Gasteiger partial charge in [-0.15, -0.1) is 0 Å². The van der Waals surface area contributed by atoms with Gasteiger partial charge in [0.15, 0.2) is 0 Å². The number of alkyl halides is 3. The molecule has 1 saturated heterocycles. The molecule has 1 heterocycles. The van der Waals surface area contributed by atoms with Gasteiger partial charge in [0.25, 0.3) is 0 Å². The van der Waals surface area contributed by atoms with Gasteiger partial charge in [0, 0.05) is 17.3 Å². The Balaban J connectivity index is 1.75. The number of anilines is 1. The van der Waals surface area contributed by atoms with Crippen molar-refractivity contribution in [2.75, 3.05) is 31.5 Å². The first-order valence-electron chi connectivity index (χ1n) is 8.29. The molecule has 2 amide bonds. The van der Waals surface area contributed by atoms with E-state index >= 15 is 0 Å². The molecule has 5 nitrogen and oxygen atoms in total. The lowest BCUT2D eigenvalue weighted by Gasteiger charge is -2.32. The minimum atomic E-state index is -4.20. The van der Waals surface area contributed by atoms with Gasteiger partial charge in [-0.1, -0.05) is 17.7 Å². The first-order chi connectivity index (χ1) is 12.2. The van der Waals surface area contributed by atoms with Crippen LogP contribution in [-0.4, -0.2) is 49.1 Å². The van der Waals surface area contributed by atoms with E-state index in [4.69, 9.17) is 11.6 Å². The lowest BCUT2D eigenvalue weighted by molar-refractivity contribution is -0.148. The molecule has 144 valence electrons. The maximum Gasteiger partial charge on any atom is 0.401 e. The van der Waals surface area contributed by atoms with Gasteiger partial charge < -0.3 is 10.6 Å². The lowest BCUT2D eigenvalue weighted by Crippen LogP contribution is -2.44. The minimum Gasteiger partial charge on any atom is -0.348 e. The van der Waals surface area contributed by atoms with Crippen molar-refractivity contribution in [3.8, 4) is 0 Å². The number of rotatable bonds is 4. The van der Waals surface area contributed by atoms with Crippen LogP contribution in [0.15, 0.2) is 18.2 Å². The fraction of sp³-hybridized carbons (Fsp3) is 0.529. The Morgan fingerprint density at radius 1 is 1.23 bits per heavy atom. The van der Waals surface area contributed by atoms with Crippen LogP contribution >= 0.6 is 11.6 Å². The highest BCUT2D eigenvalue weighted by Crippen LogP contribution is 2.23. The predicted molar refractivity (Wildman–Crippen MR) is 93.0 cm³/mol. The summed E-state index contributed by atoms with van der Waals surface area (Å²) in [4.78, 5) is 25.2. The van der Waals surface area contributed by atoms with Crippen molar-refractivity contribution in [1.29, 1.82) is 0 Å². The van der Waals surface area contributed by atoms with E-state index in [2.05, 4.69) is 10.6 Å². The fourth-order valence-electron chi connectivity index (χ4n) is 2.84. The molecule has 0 atom stereocenters. The normalized spacial score (nSPS) is 16.3. The highest BCUT2D eigenvalue weighted by Gasteiger charge is 2.32. The quantitative estimate of drug-likeness (QED) is 0.776. The SMILES string of the molecule is Cc1c(Cl)cccc1NC(=O)C(=O)NCC1CCN(CC(F)(F)F)CC1. The van der Waals surface area contributed by atoms with Crippen LogP contribution in [0.4, 0.5) is 18.9 Å². The van der Waals surface area contributed by atoms with E-state index in [1.165, 1.54) is 4.90 Å². The van der Waals surface area contributed by atoms with Crippen molar-refractivity contribution in [3.05, 3.63) is 28.8 Å². The molecule has 0 radical (unpaired) electrons. The Morgan fingerprint density at radius 3 is 2.50 bits per heavy atom. The van der Waals surface area contributed by atoms with E-state index in [1.807, 2.05) is 0 Å². The number of carbonyl (C=O) groups is 2. The number of nitrogens with one attached hydrogen (secondary N) is 2. The van der Waals surface area contributed by atoms with Crippen molar-refractivity contribution in [3.63, 3.8) is 0 Å². The number of amides is 2. The molecule has 26 heavy (non-hydrogen) atoms. The zero-order valence-electron chi connectivity index (χ0n) is 14.3. The lowest BCUT2D eigenvalue weighted by atomic mass is 9.97. The number of hydrogen-bond acceptors (Lipinski definition) is 3. The van der Waals surface area contributed by atoms with Crippen LogP contribution in [0.1, 0.15) is 18.4 Å². The van der Waals surface area contributed by atoms with Gasteiger partial charge in [0.2, 0.25) is 0 Å². The standard InChI is InChI=1S/C17H21ClF3N3O2/c1-11-13(18)3-2-4-14(11)23-16(26)15(25)22-9-12-5-7-24(8-6-12)10-17(19,20)21/h2-4,12H,5-10H2,1H3,(H,22,25)(H,23,26). The second-order valence-electron chi connectivity index (χ2n) is 6.41. The molecule has 0 spiro atoms. The highest BCUT2D eigenvalue weighted by molar-refractivity contribution is 6.40. The zero-order chi connectivity index (χ0) is 19.3. The molecule has 1 fully saturated rings. The third-order valence-electron chi connectivity index (χ3n) is 4.38. The van der Waals surface area contributed by atoms with Crippen LogP contribution < -0.4 is 10.6 Å². The first kappa shape index (κ1) is 20.5. The summed E-state index contributed by atoms with van der Waals surface area (Å²) in [5.41, 5.74) is 1.12. The minimum absolute atomic E-state index is 0.0594. The molecule has 1 aromatic carbocycles. The van der Waals surface area contributed by atoms with Crippen LogP contribution in [0.25, 0.3) is 0 Å². The maximum absolute atomic E-state index is 12.4. The van der Waals surface area contributed by atoms with Gasteiger partial charge in [-0.3, -0.25) is 14.5 Å². The van der Waals surface area contributed by atoms with Crippen molar-refractivity contribution in [2.24, 2.45) is 5.92 Å². The summed E-state index contributed by atoms with van der Waals surface area (Å²) in [7, 11) is 0. The summed E-state index contributed by atoms with van der Waals surface area (Å²) in [5, 5.41) is 5.53. The summed E-state index contributed by atoms with van der Waals surface area (Å²) in [5.74, 6) is -1.52. The van der Waals surface area contributed by atoms with Crippen LogP contribution in [0.2, 0.25) is 5.02 Å². The van der Waals surface area contributed by atoms with E-state index in [1.54, 1.807) is 25.1 Å². The monoisotopic (exact) mass is 391 g/mol. The molecule has 0 bridgehead atoms. The average Bonchev–Trinajstić information content (AvgIpc) is 2.56. The van der Waals surface area contributed by atoms with Gasteiger partial charge in [0.05, 0.1) is 6.54 Å². The fourth-order valence-corrected chi connectivity index (χ4v) is 3.02. The molecule has 1 aliphatic heterocycles. The average molecular weight is 392 g/mol. The van der Waals surface area contributed by atoms with Gasteiger partial charge in [-0.2, -0.15) is 13.2 Å². The van der Waals surface area contributed by atoms with Crippen molar-refractivity contribution in [2.45, 2.75) is 25.9 Å². The summed E-state index contributed by atoms with van der Waals surface area (Å²) >= 11 is 5.97. The third-order valence-corrected chi connectivity index (χ3v) is 4.79. The molecule has 2 rings (SSSR count). The Labute approximate surface area is 154 Å². The highest BCUT2D eigenvalue weighted by atomic mass is 35.5. The summed E-state index contributed by atoms with van der Waals surface area (Å²) in [6.07, 6.45) is -3.10. The van der Waals surface area contributed by atoms with Crippen molar-refractivity contribution < 1.29 is 22.8 Å². The van der Waals surface area contributed by atoms with Gasteiger partial charge in [-0.25, -0.2) is 0 Å². The Bertz CT molecular complexity index is 659. The number of nitrogens with zero attached hydrogens (tertiary/aromatic N) is 1. The second kappa shape index (κ2) is 8.73. The number of benzene rings is 1. The van der Waals surface area contributed by atoms with E-state index in [9.17, 15) is 22.8 Å². The molecule has 9 heteroatoms. The van der Waals surface area contributed by atoms with Gasteiger partial charge in [0.1, 0.15) is 0 Å². The van der Waals surface area contributed by atoms with Gasteiger partial charge >= 0.3 is 18.0 Å². The largest absolute Gasteiger partial charge is 0.401 e. The summed E-state index contributed by atoms with van der Waals surface area (Å²) < 4.78 is 37.1. The third kappa shape index (κ3) is 6.17. The zero-order valence-corrected chi connectivity index (χ0v) is 15.1. The molecule has 0 aromatic heterocycles. The van der Waals surface area contributed by atoms with E-state index in [0.29, 0.717) is 42.2 Å². The van der Waals surface area contributed by atoms with Crippen LogP contribution in [-0.2, 0) is 9.59 Å². The van der Waals surface area contributed by atoms with E-state index < -0.39 is 24.5 Å². The first-order valence-corrected chi connectivity index (χ1v) is 8.67. The van der Waals surface area contributed by atoms with Crippen LogP contribution in [0, 0.1) is 12.8 Å². The van der Waals surface area contributed by atoms with Crippen molar-refractivity contribution in [1.82, 2.24) is 10.2 Å². The van der Waals surface area contributed by atoms with E-state index in [0.717, 1.165) is 0 Å². The smallest absolute Gasteiger partial charge is 0.348 e. The Hall–Kier alpha value is -1.80. The van der Waals surface area contributed by atoms with Crippen molar-refractivity contribution >= 4 is 29.1 Å². The number of halogens is 4. The number of hydrogen-bond donors (Lipinski definition) is 2. The molecule has 1 aromatic rings. The molecular formula is C17H21ClF3N3O2. The van der Waals surface area contributed by atoms with Gasteiger partial charge in [-0.05, 0) is 56.5 Å². The molecular weight excluding hydrogens is 371 g/mol. The maximum atomic E-state index is 12.4. The molecule has 0 unspecified atom stereocenters. The number of likely N-dealkylation sites (tertiary alicyclic amines) is 1. The van der Waals surface area contributed by atoms with Crippen LogP contribution in [0.3, 0.4) is 0 Å². The predicted octanol–water partition coefficient (Wildman–Crippen LogP) is 2.98. The topological polar surface area (TPSA) is 61.4 Å². The Morgan fingerprint density at radius 2 is 1.88 bits per heavy atom. The van der Waals surface area contributed by atoms with E-state index in [-0.39, 0.29) is 12.5 Å². The molecule has 0 aliphatic carbocycles.